The second kappa shape index (κ2) is 9.77. The number of amides is 1. The summed E-state index contributed by atoms with van der Waals surface area (Å²) >= 11 is 0. The number of rotatable bonds is 9. The smallest absolute Gasteiger partial charge is 0.289 e. The number of nitrogens with zero attached hydrogens (tertiary/aromatic N) is 3. The molecule has 1 N–H and O–H groups in total. The number of piperazine rings is 1. The van der Waals surface area contributed by atoms with Gasteiger partial charge < -0.3 is 5.32 Å². The maximum absolute atomic E-state index is 12.8. The van der Waals surface area contributed by atoms with Gasteiger partial charge >= 0.3 is 0 Å². The molecule has 0 aliphatic carbocycles. The standard InChI is InChI=1S/C17H26N4O5S/c1-2-3-6-9-18-17(22)14-19-10-12-20(13-11-19)27(25,26)16-8-5-4-7-15(16)21(23)24/h4-5,7-8H,2-3,6,9-14H2,1H3,(H,18,22). The van der Waals surface area contributed by atoms with Crippen LogP contribution >= 0.6 is 0 Å². The Balaban J connectivity index is 1.91. The van der Waals surface area contributed by atoms with Crippen LogP contribution in [0.5, 0.6) is 0 Å². The Kier molecular flexibility index (Phi) is 7.69. The largest absolute Gasteiger partial charge is 0.355 e. The Labute approximate surface area is 159 Å². The van der Waals surface area contributed by atoms with E-state index in [2.05, 4.69) is 12.2 Å². The number of nitro groups is 1. The number of hydrogen-bond donors (Lipinski definition) is 1. The first-order valence-electron chi connectivity index (χ1n) is 9.09. The highest BCUT2D eigenvalue weighted by atomic mass is 32.2. The molecule has 0 bridgehead atoms. The van der Waals surface area contributed by atoms with Crippen molar-refractivity contribution >= 4 is 21.6 Å². The van der Waals surface area contributed by atoms with E-state index in [0.717, 1.165) is 19.3 Å². The van der Waals surface area contributed by atoms with Crippen LogP contribution in [0.25, 0.3) is 0 Å². The minimum Gasteiger partial charge on any atom is -0.355 e. The van der Waals surface area contributed by atoms with Gasteiger partial charge in [0.2, 0.25) is 15.9 Å². The molecule has 1 aliphatic rings. The molecule has 1 fully saturated rings. The maximum atomic E-state index is 12.8. The molecule has 1 heterocycles. The Bertz CT molecular complexity index is 760. The predicted molar refractivity (Wildman–Crippen MR) is 101 cm³/mol. The summed E-state index contributed by atoms with van der Waals surface area (Å²) in [5.74, 6) is -0.0684. The second-order valence-corrected chi connectivity index (χ2v) is 8.37. The molecule has 1 aromatic rings. The van der Waals surface area contributed by atoms with Crippen LogP contribution in [-0.4, -0.2) is 67.7 Å². The fraction of sp³-hybridized carbons (Fsp3) is 0.588. The van der Waals surface area contributed by atoms with Gasteiger partial charge in [-0.15, -0.1) is 0 Å². The average molecular weight is 398 g/mol. The quantitative estimate of drug-likeness (QED) is 0.380. The van der Waals surface area contributed by atoms with Gasteiger partial charge in [0, 0.05) is 38.8 Å². The zero-order valence-corrected chi connectivity index (χ0v) is 16.3. The first kappa shape index (κ1) is 21.3. The first-order valence-corrected chi connectivity index (χ1v) is 10.5. The molecular formula is C17H26N4O5S. The number of hydrogen-bond acceptors (Lipinski definition) is 6. The summed E-state index contributed by atoms with van der Waals surface area (Å²) in [4.78, 5) is 24.0. The highest BCUT2D eigenvalue weighted by molar-refractivity contribution is 7.89. The van der Waals surface area contributed by atoms with Gasteiger partial charge in [0.25, 0.3) is 5.69 Å². The molecule has 0 saturated carbocycles. The molecule has 0 radical (unpaired) electrons. The summed E-state index contributed by atoms with van der Waals surface area (Å²) in [6, 6.07) is 5.35. The fourth-order valence-electron chi connectivity index (χ4n) is 2.96. The zero-order chi connectivity index (χ0) is 19.9. The number of carbonyl (C=O) groups is 1. The maximum Gasteiger partial charge on any atom is 0.289 e. The van der Waals surface area contributed by atoms with E-state index in [1.807, 2.05) is 4.90 Å². The van der Waals surface area contributed by atoms with Gasteiger partial charge in [0.05, 0.1) is 11.5 Å². The molecule has 0 unspecified atom stereocenters. The molecule has 1 aliphatic heterocycles. The Morgan fingerprint density at radius 2 is 1.85 bits per heavy atom. The molecule has 0 atom stereocenters. The molecule has 2 rings (SSSR count). The average Bonchev–Trinajstić information content (AvgIpc) is 2.65. The van der Waals surface area contributed by atoms with Crippen molar-refractivity contribution in [1.29, 1.82) is 0 Å². The van der Waals surface area contributed by atoms with E-state index in [-0.39, 0.29) is 30.4 Å². The van der Waals surface area contributed by atoms with Crippen molar-refractivity contribution in [3.8, 4) is 0 Å². The summed E-state index contributed by atoms with van der Waals surface area (Å²) in [6.45, 7) is 4.17. The van der Waals surface area contributed by atoms with Crippen LogP contribution in [0.1, 0.15) is 26.2 Å². The van der Waals surface area contributed by atoms with Crippen LogP contribution < -0.4 is 5.32 Å². The zero-order valence-electron chi connectivity index (χ0n) is 15.5. The lowest BCUT2D eigenvalue weighted by atomic mass is 10.2. The number of para-hydroxylation sites is 1. The minimum atomic E-state index is -3.95. The SMILES string of the molecule is CCCCCNC(=O)CN1CCN(S(=O)(=O)c2ccccc2[N+](=O)[O-])CC1. The first-order chi connectivity index (χ1) is 12.9. The summed E-state index contributed by atoms with van der Waals surface area (Å²) < 4.78 is 26.8. The summed E-state index contributed by atoms with van der Waals surface area (Å²) in [7, 11) is -3.95. The molecule has 150 valence electrons. The topological polar surface area (TPSA) is 113 Å². The molecule has 1 saturated heterocycles. The van der Waals surface area contributed by atoms with Crippen LogP contribution in [-0.2, 0) is 14.8 Å². The van der Waals surface area contributed by atoms with Crippen molar-refractivity contribution in [3.05, 3.63) is 34.4 Å². The third-order valence-corrected chi connectivity index (χ3v) is 6.43. The van der Waals surface area contributed by atoms with Crippen LogP contribution in [0.3, 0.4) is 0 Å². The van der Waals surface area contributed by atoms with Gasteiger partial charge in [-0.1, -0.05) is 31.9 Å². The van der Waals surface area contributed by atoms with Crippen molar-refractivity contribution < 1.29 is 18.1 Å². The monoisotopic (exact) mass is 398 g/mol. The lowest BCUT2D eigenvalue weighted by Gasteiger charge is -2.33. The normalized spacial score (nSPS) is 16.2. The van der Waals surface area contributed by atoms with Gasteiger partial charge in [-0.2, -0.15) is 4.31 Å². The number of nitro benzene ring substituents is 1. The highest BCUT2D eigenvalue weighted by Crippen LogP contribution is 2.26. The number of sulfonamides is 1. The van der Waals surface area contributed by atoms with Crippen LogP contribution in [0.15, 0.2) is 29.2 Å². The summed E-state index contributed by atoms with van der Waals surface area (Å²) in [6.07, 6.45) is 3.11. The number of benzene rings is 1. The Morgan fingerprint density at radius 3 is 2.48 bits per heavy atom. The molecule has 10 heteroatoms. The van der Waals surface area contributed by atoms with Crippen molar-refractivity contribution in [2.75, 3.05) is 39.3 Å². The van der Waals surface area contributed by atoms with Gasteiger partial charge in [-0.3, -0.25) is 19.8 Å². The third kappa shape index (κ3) is 5.72. The van der Waals surface area contributed by atoms with E-state index >= 15 is 0 Å². The van der Waals surface area contributed by atoms with Gasteiger partial charge in [0.15, 0.2) is 4.90 Å². The van der Waals surface area contributed by atoms with E-state index in [9.17, 15) is 23.3 Å². The van der Waals surface area contributed by atoms with E-state index in [0.29, 0.717) is 19.6 Å². The molecule has 9 nitrogen and oxygen atoms in total. The molecule has 0 spiro atoms. The molecule has 1 aromatic carbocycles. The number of nitrogens with one attached hydrogen (secondary N) is 1. The lowest BCUT2D eigenvalue weighted by molar-refractivity contribution is -0.387. The minimum absolute atomic E-state index is 0.0684. The van der Waals surface area contributed by atoms with Crippen molar-refractivity contribution in [1.82, 2.24) is 14.5 Å². The van der Waals surface area contributed by atoms with Gasteiger partial charge in [0.1, 0.15) is 0 Å². The second-order valence-electron chi connectivity index (χ2n) is 6.46. The van der Waals surface area contributed by atoms with Crippen molar-refractivity contribution in [3.63, 3.8) is 0 Å². The van der Waals surface area contributed by atoms with Gasteiger partial charge in [-0.05, 0) is 12.5 Å². The summed E-state index contributed by atoms with van der Waals surface area (Å²) in [5.41, 5.74) is -0.425. The predicted octanol–water partition coefficient (Wildman–Crippen LogP) is 1.21. The van der Waals surface area contributed by atoms with Crippen molar-refractivity contribution in [2.45, 2.75) is 31.1 Å². The Hall–Kier alpha value is -2.04. The van der Waals surface area contributed by atoms with E-state index in [1.165, 1.54) is 28.6 Å². The molecular weight excluding hydrogens is 372 g/mol. The fourth-order valence-corrected chi connectivity index (χ4v) is 4.53. The summed E-state index contributed by atoms with van der Waals surface area (Å²) in [5, 5.41) is 14.0. The number of unbranched alkanes of at least 4 members (excludes halogenated alkanes) is 2. The van der Waals surface area contributed by atoms with Crippen LogP contribution in [0, 0.1) is 10.1 Å². The van der Waals surface area contributed by atoms with Crippen LogP contribution in [0.2, 0.25) is 0 Å². The van der Waals surface area contributed by atoms with E-state index in [4.69, 9.17) is 0 Å². The van der Waals surface area contributed by atoms with Crippen molar-refractivity contribution in [2.24, 2.45) is 0 Å². The van der Waals surface area contributed by atoms with Gasteiger partial charge in [-0.25, -0.2) is 8.42 Å². The molecule has 1 amide bonds. The van der Waals surface area contributed by atoms with E-state index < -0.39 is 20.6 Å². The van der Waals surface area contributed by atoms with E-state index in [1.54, 1.807) is 0 Å². The highest BCUT2D eigenvalue weighted by Gasteiger charge is 2.33. The number of carbonyl (C=O) groups excluding carboxylic acids is 1. The lowest BCUT2D eigenvalue weighted by Crippen LogP contribution is -2.51. The van der Waals surface area contributed by atoms with Crippen LogP contribution in [0.4, 0.5) is 5.69 Å². The molecule has 27 heavy (non-hydrogen) atoms. The Morgan fingerprint density at radius 1 is 1.19 bits per heavy atom. The third-order valence-electron chi connectivity index (χ3n) is 4.48. The molecule has 0 aromatic heterocycles.